The summed E-state index contributed by atoms with van der Waals surface area (Å²) in [6, 6.07) is 2.43. The molecule has 0 aromatic carbocycles. The van der Waals surface area contributed by atoms with Crippen molar-refractivity contribution in [2.75, 3.05) is 27.7 Å². The predicted octanol–water partition coefficient (Wildman–Crippen LogP) is 1.87. The van der Waals surface area contributed by atoms with Crippen molar-refractivity contribution < 1.29 is 4.79 Å². The van der Waals surface area contributed by atoms with Gasteiger partial charge in [-0.05, 0) is 46.2 Å². The van der Waals surface area contributed by atoms with Crippen LogP contribution in [0.25, 0.3) is 0 Å². The molecule has 0 aliphatic heterocycles. The van der Waals surface area contributed by atoms with E-state index in [0.717, 1.165) is 38.6 Å². The molecule has 0 radical (unpaired) electrons. The summed E-state index contributed by atoms with van der Waals surface area (Å²) in [5, 5.41) is 9.34. The van der Waals surface area contributed by atoms with Gasteiger partial charge in [0.25, 0.3) is 0 Å². The molecule has 0 spiro atoms. The molecule has 4 nitrogen and oxygen atoms in total. The predicted molar refractivity (Wildman–Crippen MR) is 71.9 cm³/mol. The van der Waals surface area contributed by atoms with Gasteiger partial charge in [0.15, 0.2) is 0 Å². The molecule has 0 atom stereocenters. The Morgan fingerprint density at radius 2 is 1.89 bits per heavy atom. The van der Waals surface area contributed by atoms with Gasteiger partial charge in [-0.3, -0.25) is 9.69 Å². The van der Waals surface area contributed by atoms with E-state index in [1.54, 1.807) is 0 Å². The lowest BCUT2D eigenvalue weighted by Crippen LogP contribution is -2.47. The van der Waals surface area contributed by atoms with Crippen molar-refractivity contribution in [3.8, 4) is 6.07 Å². The van der Waals surface area contributed by atoms with Crippen LogP contribution in [0.5, 0.6) is 0 Å². The Bertz CT molecular complexity index is 324. The maximum atomic E-state index is 12.2. The first kappa shape index (κ1) is 15.0. The Labute approximate surface area is 111 Å². The molecule has 1 amide bonds. The number of hydrogen-bond donors (Lipinski definition) is 0. The monoisotopic (exact) mass is 251 g/mol. The van der Waals surface area contributed by atoms with E-state index in [4.69, 9.17) is 0 Å². The van der Waals surface area contributed by atoms with Gasteiger partial charge in [-0.1, -0.05) is 6.92 Å². The molecule has 1 aliphatic carbocycles. The number of carbonyl (C=O) groups is 1. The van der Waals surface area contributed by atoms with E-state index < -0.39 is 0 Å². The van der Waals surface area contributed by atoms with Gasteiger partial charge in [-0.2, -0.15) is 5.26 Å². The Morgan fingerprint density at radius 1 is 1.33 bits per heavy atom. The summed E-state index contributed by atoms with van der Waals surface area (Å²) in [4.78, 5) is 16.0. The third-order valence-corrected chi connectivity index (χ3v) is 4.16. The fourth-order valence-electron chi connectivity index (χ4n) is 2.76. The second-order valence-electron chi connectivity index (χ2n) is 5.57. The van der Waals surface area contributed by atoms with Crippen molar-refractivity contribution in [1.29, 1.82) is 5.26 Å². The quantitative estimate of drug-likeness (QED) is 0.766. The third-order valence-electron chi connectivity index (χ3n) is 4.16. The number of rotatable bonds is 4. The van der Waals surface area contributed by atoms with Crippen molar-refractivity contribution in [2.45, 2.75) is 44.6 Å². The molecule has 18 heavy (non-hydrogen) atoms. The normalized spacial score (nSPS) is 27.9. The van der Waals surface area contributed by atoms with Gasteiger partial charge in [0.05, 0.1) is 6.07 Å². The maximum absolute atomic E-state index is 12.2. The number of nitriles is 1. The number of carbonyl (C=O) groups excluding carboxylic acids is 1. The van der Waals surface area contributed by atoms with Crippen LogP contribution < -0.4 is 0 Å². The lowest BCUT2D eigenvalue weighted by atomic mass is 9.76. The van der Waals surface area contributed by atoms with Crippen LogP contribution in [0.15, 0.2) is 0 Å². The van der Waals surface area contributed by atoms with E-state index in [9.17, 15) is 10.1 Å². The zero-order valence-electron chi connectivity index (χ0n) is 12.1. The highest BCUT2D eigenvalue weighted by Crippen LogP contribution is 2.35. The zero-order valence-corrected chi connectivity index (χ0v) is 12.1. The molecule has 0 heterocycles. The van der Waals surface area contributed by atoms with E-state index >= 15 is 0 Å². The lowest BCUT2D eigenvalue weighted by molar-refractivity contribution is -0.135. The van der Waals surface area contributed by atoms with Crippen LogP contribution in [0.1, 0.15) is 39.0 Å². The van der Waals surface area contributed by atoms with Crippen LogP contribution in [0.4, 0.5) is 0 Å². The Balaban J connectivity index is 2.59. The van der Waals surface area contributed by atoms with Crippen LogP contribution in [0.3, 0.4) is 0 Å². The lowest BCUT2D eigenvalue weighted by Gasteiger charge is -2.39. The van der Waals surface area contributed by atoms with Crippen molar-refractivity contribution in [2.24, 2.45) is 5.92 Å². The van der Waals surface area contributed by atoms with Crippen LogP contribution in [0, 0.1) is 17.2 Å². The summed E-state index contributed by atoms with van der Waals surface area (Å²) >= 11 is 0. The van der Waals surface area contributed by atoms with E-state index in [1.165, 1.54) is 0 Å². The average Bonchev–Trinajstić information content (AvgIpc) is 2.38. The number of hydrogen-bond acceptors (Lipinski definition) is 3. The van der Waals surface area contributed by atoms with Crippen molar-refractivity contribution in [3.63, 3.8) is 0 Å². The first-order chi connectivity index (χ1) is 8.46. The smallest absolute Gasteiger partial charge is 0.225 e. The summed E-state index contributed by atoms with van der Waals surface area (Å²) in [7, 11) is 5.78. The van der Waals surface area contributed by atoms with Crippen LogP contribution in [0.2, 0.25) is 0 Å². The minimum Gasteiger partial charge on any atom is -0.346 e. The van der Waals surface area contributed by atoms with Gasteiger partial charge in [-0.15, -0.1) is 0 Å². The largest absolute Gasteiger partial charge is 0.346 e. The van der Waals surface area contributed by atoms with E-state index in [0.29, 0.717) is 0 Å². The Kier molecular flexibility index (Phi) is 5.15. The Hall–Kier alpha value is -1.08. The molecule has 0 bridgehead atoms. The minimum absolute atomic E-state index is 0.114. The highest BCUT2D eigenvalue weighted by molar-refractivity contribution is 5.78. The summed E-state index contributed by atoms with van der Waals surface area (Å²) in [5.74, 6) is 0.366. The van der Waals surface area contributed by atoms with E-state index in [1.807, 2.05) is 30.9 Å². The molecule has 4 heteroatoms. The van der Waals surface area contributed by atoms with Crippen LogP contribution in [-0.2, 0) is 4.79 Å². The van der Waals surface area contributed by atoms with Gasteiger partial charge in [0, 0.05) is 19.5 Å². The standard InChI is InChI=1S/C14H25N3O/c1-5-10-17(4)13(18)12-6-8-14(11-15,9-7-12)16(2)3/h12H,5-10H2,1-4H3. The first-order valence-corrected chi connectivity index (χ1v) is 6.80. The Morgan fingerprint density at radius 3 is 2.28 bits per heavy atom. The topological polar surface area (TPSA) is 47.3 Å². The van der Waals surface area contributed by atoms with Gasteiger partial charge in [-0.25, -0.2) is 0 Å². The zero-order chi connectivity index (χ0) is 13.8. The SMILES string of the molecule is CCCN(C)C(=O)C1CCC(C#N)(N(C)C)CC1. The highest BCUT2D eigenvalue weighted by Gasteiger charge is 2.39. The molecule has 102 valence electrons. The van der Waals surface area contributed by atoms with Crippen LogP contribution >= 0.6 is 0 Å². The molecule has 1 rings (SSSR count). The molecule has 0 N–H and O–H groups in total. The molecule has 0 unspecified atom stereocenters. The van der Waals surface area contributed by atoms with Crippen molar-refractivity contribution in [3.05, 3.63) is 0 Å². The molecule has 0 aromatic heterocycles. The highest BCUT2D eigenvalue weighted by atomic mass is 16.2. The van der Waals surface area contributed by atoms with Gasteiger partial charge >= 0.3 is 0 Å². The molecule has 0 saturated heterocycles. The van der Waals surface area contributed by atoms with Crippen LogP contribution in [-0.4, -0.2) is 48.9 Å². The van der Waals surface area contributed by atoms with E-state index in [2.05, 4.69) is 13.0 Å². The average molecular weight is 251 g/mol. The van der Waals surface area contributed by atoms with Crippen molar-refractivity contribution >= 4 is 5.91 Å². The molecule has 1 fully saturated rings. The van der Waals surface area contributed by atoms with Gasteiger partial charge in [0.2, 0.25) is 5.91 Å². The first-order valence-electron chi connectivity index (χ1n) is 6.80. The number of amides is 1. The molecule has 1 saturated carbocycles. The molecular formula is C14H25N3O. The second kappa shape index (κ2) is 6.19. The van der Waals surface area contributed by atoms with Crippen molar-refractivity contribution in [1.82, 2.24) is 9.80 Å². The number of nitrogens with zero attached hydrogens (tertiary/aromatic N) is 3. The fraction of sp³-hybridized carbons (Fsp3) is 0.857. The van der Waals surface area contributed by atoms with E-state index in [-0.39, 0.29) is 17.4 Å². The summed E-state index contributed by atoms with van der Waals surface area (Å²) in [6.45, 7) is 2.91. The van der Waals surface area contributed by atoms with Gasteiger partial charge in [0.1, 0.15) is 5.54 Å². The summed E-state index contributed by atoms with van der Waals surface area (Å²) in [5.41, 5.74) is -0.361. The molecule has 1 aliphatic rings. The minimum atomic E-state index is -0.361. The molecule has 0 aromatic rings. The molecular weight excluding hydrogens is 226 g/mol. The fourth-order valence-corrected chi connectivity index (χ4v) is 2.76. The summed E-state index contributed by atoms with van der Waals surface area (Å²) < 4.78 is 0. The summed E-state index contributed by atoms with van der Waals surface area (Å²) in [6.07, 6.45) is 4.26. The van der Waals surface area contributed by atoms with Gasteiger partial charge < -0.3 is 4.90 Å². The maximum Gasteiger partial charge on any atom is 0.225 e. The third kappa shape index (κ3) is 3.02. The second-order valence-corrected chi connectivity index (χ2v) is 5.57.